The van der Waals surface area contributed by atoms with Crippen LogP contribution in [0.4, 0.5) is 17.6 Å². The van der Waals surface area contributed by atoms with E-state index in [2.05, 4.69) is 25.1 Å². The van der Waals surface area contributed by atoms with E-state index in [-0.39, 0.29) is 23.5 Å². The van der Waals surface area contributed by atoms with Crippen LogP contribution in [0.2, 0.25) is 0 Å². The van der Waals surface area contributed by atoms with Gasteiger partial charge in [-0.25, -0.2) is 0 Å². The second kappa shape index (κ2) is 6.76. The zero-order valence-corrected chi connectivity index (χ0v) is 14.9. The van der Waals surface area contributed by atoms with Crippen LogP contribution in [0.5, 0.6) is 0 Å². The highest BCUT2D eigenvalue weighted by atomic mass is 16.5. The molecular formula is C19H17N7O2. The summed E-state index contributed by atoms with van der Waals surface area (Å²) in [6.45, 7) is 0.816. The lowest BCUT2D eigenvalue weighted by Gasteiger charge is -2.22. The molecule has 0 bridgehead atoms. The van der Waals surface area contributed by atoms with E-state index < -0.39 is 0 Å². The molecule has 1 fully saturated rings. The Morgan fingerprint density at radius 1 is 0.964 bits per heavy atom. The number of benzene rings is 1. The minimum Gasteiger partial charge on any atom is -0.459 e. The highest BCUT2D eigenvalue weighted by Crippen LogP contribution is 2.34. The highest BCUT2D eigenvalue weighted by molar-refractivity contribution is 5.60. The van der Waals surface area contributed by atoms with Crippen molar-refractivity contribution in [3.05, 3.63) is 48.7 Å². The van der Waals surface area contributed by atoms with Crippen molar-refractivity contribution in [1.29, 1.82) is 0 Å². The van der Waals surface area contributed by atoms with Crippen molar-refractivity contribution in [2.75, 3.05) is 17.2 Å². The predicted octanol–water partition coefficient (Wildman–Crippen LogP) is 3.31. The first-order chi connectivity index (χ1) is 13.8. The normalized spacial score (nSPS) is 13.6. The van der Waals surface area contributed by atoms with E-state index in [1.807, 2.05) is 35.2 Å². The smallest absolute Gasteiger partial charge is 0.294 e. The van der Waals surface area contributed by atoms with Crippen LogP contribution >= 0.6 is 0 Å². The summed E-state index contributed by atoms with van der Waals surface area (Å²) in [4.78, 5) is 19.5. The van der Waals surface area contributed by atoms with Crippen LogP contribution < -0.4 is 10.6 Å². The number of para-hydroxylation sites is 1. The van der Waals surface area contributed by atoms with Gasteiger partial charge in [0.25, 0.3) is 5.89 Å². The van der Waals surface area contributed by atoms with Crippen LogP contribution in [-0.2, 0) is 0 Å². The number of nitrogens with zero attached hydrogens (tertiary/aromatic N) is 6. The minimum absolute atomic E-state index is 0.0982. The number of aromatic nitrogens is 5. The second-order valence-electron chi connectivity index (χ2n) is 6.61. The lowest BCUT2D eigenvalue weighted by molar-refractivity contribution is 0.416. The maximum Gasteiger partial charge on any atom is 0.294 e. The van der Waals surface area contributed by atoms with Gasteiger partial charge in [0.1, 0.15) is 0 Å². The van der Waals surface area contributed by atoms with E-state index in [0.717, 1.165) is 12.2 Å². The highest BCUT2D eigenvalue weighted by Gasteiger charge is 2.27. The fourth-order valence-corrected chi connectivity index (χ4v) is 2.89. The summed E-state index contributed by atoms with van der Waals surface area (Å²) in [5.74, 6) is 2.38. The third kappa shape index (κ3) is 3.29. The molecular weight excluding hydrogens is 358 g/mol. The van der Waals surface area contributed by atoms with Gasteiger partial charge in [-0.15, -0.1) is 0 Å². The average Bonchev–Trinajstić information content (AvgIpc) is 3.17. The fourth-order valence-electron chi connectivity index (χ4n) is 2.89. The van der Waals surface area contributed by atoms with E-state index in [1.54, 1.807) is 12.1 Å². The molecule has 1 aliphatic rings. The molecule has 140 valence electrons. The van der Waals surface area contributed by atoms with Crippen molar-refractivity contribution in [3.63, 3.8) is 0 Å². The van der Waals surface area contributed by atoms with Gasteiger partial charge in [-0.2, -0.15) is 19.9 Å². The molecule has 0 amide bonds. The number of anilines is 3. The van der Waals surface area contributed by atoms with Gasteiger partial charge in [-0.1, -0.05) is 23.4 Å². The summed E-state index contributed by atoms with van der Waals surface area (Å²) in [6.07, 6.45) is 3.94. The van der Waals surface area contributed by atoms with Crippen molar-refractivity contribution < 1.29 is 8.94 Å². The van der Waals surface area contributed by atoms with E-state index in [9.17, 15) is 0 Å². The third-order valence-corrected chi connectivity index (χ3v) is 4.45. The zero-order valence-electron chi connectivity index (χ0n) is 14.9. The SMILES string of the molecule is Nc1nc(-c2noc(-c3ccco3)n2)nc(N(CC2CC2)c2ccccc2)n1. The van der Waals surface area contributed by atoms with E-state index in [0.29, 0.717) is 17.6 Å². The Labute approximate surface area is 160 Å². The largest absolute Gasteiger partial charge is 0.459 e. The zero-order chi connectivity index (χ0) is 18.9. The van der Waals surface area contributed by atoms with Crippen molar-refractivity contribution >= 4 is 17.6 Å². The van der Waals surface area contributed by atoms with Crippen LogP contribution in [0.25, 0.3) is 23.3 Å². The summed E-state index contributed by atoms with van der Waals surface area (Å²) in [6, 6.07) is 13.5. The van der Waals surface area contributed by atoms with Gasteiger partial charge in [-0.3, -0.25) is 0 Å². The van der Waals surface area contributed by atoms with Crippen LogP contribution in [0, 0.1) is 5.92 Å². The second-order valence-corrected chi connectivity index (χ2v) is 6.61. The first-order valence-corrected chi connectivity index (χ1v) is 8.98. The molecule has 0 atom stereocenters. The average molecular weight is 375 g/mol. The summed E-state index contributed by atoms with van der Waals surface area (Å²) in [7, 11) is 0. The molecule has 9 nitrogen and oxygen atoms in total. The maximum absolute atomic E-state index is 5.97. The summed E-state index contributed by atoms with van der Waals surface area (Å²) < 4.78 is 10.5. The quantitative estimate of drug-likeness (QED) is 0.541. The Hall–Kier alpha value is -3.75. The molecule has 1 aromatic carbocycles. The van der Waals surface area contributed by atoms with Crippen molar-refractivity contribution in [2.24, 2.45) is 5.92 Å². The molecule has 28 heavy (non-hydrogen) atoms. The van der Waals surface area contributed by atoms with E-state index in [1.165, 1.54) is 19.1 Å². The molecule has 9 heteroatoms. The first kappa shape index (κ1) is 16.4. The standard InChI is InChI=1S/C19H17N7O2/c20-18-22-15(16-21-17(28-25-16)14-7-4-10-27-14)23-19(24-18)26(11-12-8-9-12)13-5-2-1-3-6-13/h1-7,10,12H,8-9,11H2,(H2,20,22,23,24). The molecule has 0 unspecified atom stereocenters. The molecule has 2 N–H and O–H groups in total. The molecule has 0 spiro atoms. The summed E-state index contributed by atoms with van der Waals surface area (Å²) >= 11 is 0. The topological polar surface area (TPSA) is 120 Å². The number of furan rings is 1. The van der Waals surface area contributed by atoms with Gasteiger partial charge >= 0.3 is 0 Å². The van der Waals surface area contributed by atoms with Crippen LogP contribution in [0.1, 0.15) is 12.8 Å². The monoisotopic (exact) mass is 375 g/mol. The van der Waals surface area contributed by atoms with Crippen LogP contribution in [0.15, 0.2) is 57.7 Å². The van der Waals surface area contributed by atoms with E-state index >= 15 is 0 Å². The molecule has 0 radical (unpaired) electrons. The van der Waals surface area contributed by atoms with Crippen LogP contribution in [0.3, 0.4) is 0 Å². The van der Waals surface area contributed by atoms with E-state index in [4.69, 9.17) is 14.7 Å². The molecule has 4 aromatic rings. The molecule has 0 aliphatic heterocycles. The Morgan fingerprint density at radius 2 is 1.82 bits per heavy atom. The molecule has 1 saturated carbocycles. The van der Waals surface area contributed by atoms with Gasteiger partial charge in [0.15, 0.2) is 5.76 Å². The summed E-state index contributed by atoms with van der Waals surface area (Å²) in [5.41, 5.74) is 6.96. The predicted molar refractivity (Wildman–Crippen MR) is 101 cm³/mol. The lowest BCUT2D eigenvalue weighted by atomic mass is 10.2. The molecule has 3 aromatic heterocycles. The van der Waals surface area contributed by atoms with Gasteiger partial charge in [0.05, 0.1) is 6.26 Å². The summed E-state index contributed by atoms with van der Waals surface area (Å²) in [5, 5.41) is 3.96. The number of rotatable bonds is 6. The molecule has 5 rings (SSSR count). The van der Waals surface area contributed by atoms with Gasteiger partial charge in [0.2, 0.25) is 23.5 Å². The number of hydrogen-bond acceptors (Lipinski definition) is 9. The third-order valence-electron chi connectivity index (χ3n) is 4.45. The molecule has 0 saturated heterocycles. The Morgan fingerprint density at radius 3 is 2.57 bits per heavy atom. The fraction of sp³-hybridized carbons (Fsp3) is 0.211. The Bertz CT molecular complexity index is 1070. The van der Waals surface area contributed by atoms with Gasteiger partial charge in [0, 0.05) is 12.2 Å². The van der Waals surface area contributed by atoms with Gasteiger partial charge < -0.3 is 19.6 Å². The van der Waals surface area contributed by atoms with Crippen molar-refractivity contribution in [2.45, 2.75) is 12.8 Å². The number of hydrogen-bond donors (Lipinski definition) is 1. The van der Waals surface area contributed by atoms with Crippen molar-refractivity contribution in [3.8, 4) is 23.3 Å². The first-order valence-electron chi connectivity index (χ1n) is 8.98. The Kier molecular flexibility index (Phi) is 3.97. The van der Waals surface area contributed by atoms with Gasteiger partial charge in [-0.05, 0) is 43.0 Å². The molecule has 1 aliphatic carbocycles. The maximum atomic E-state index is 5.97. The molecule has 3 heterocycles. The van der Waals surface area contributed by atoms with Crippen molar-refractivity contribution in [1.82, 2.24) is 25.1 Å². The minimum atomic E-state index is 0.0982. The van der Waals surface area contributed by atoms with Crippen LogP contribution in [-0.4, -0.2) is 31.6 Å². The lowest BCUT2D eigenvalue weighted by Crippen LogP contribution is -2.23. The Balaban J connectivity index is 1.53. The number of nitrogens with two attached hydrogens (primary N) is 1. The number of nitrogen functional groups attached to an aromatic ring is 1.